The first-order chi connectivity index (χ1) is 13.7. The number of hydroxylamine groups is 1. The maximum atomic E-state index is 11.4. The van der Waals surface area contributed by atoms with Gasteiger partial charge in [0.05, 0.1) is 0 Å². The van der Waals surface area contributed by atoms with Gasteiger partial charge in [-0.15, -0.1) is 5.17 Å². The minimum atomic E-state index is -0.667. The van der Waals surface area contributed by atoms with Crippen LogP contribution in [0.3, 0.4) is 0 Å². The van der Waals surface area contributed by atoms with Crippen LogP contribution in [-0.2, 0) is 24.1 Å². The van der Waals surface area contributed by atoms with Gasteiger partial charge in [0.25, 0.3) is 0 Å². The SMILES string of the molecule is NC(=O)NN1OC=CC=C1C1=CCCc2c1ccc1c2CCc2ccccc2-1. The van der Waals surface area contributed by atoms with Gasteiger partial charge in [0.2, 0.25) is 0 Å². The maximum Gasteiger partial charge on any atom is 0.333 e. The molecule has 2 aromatic rings. The average Bonchev–Trinajstić information content (AvgIpc) is 2.73. The minimum Gasteiger partial charge on any atom is -0.367 e. The van der Waals surface area contributed by atoms with Crippen molar-refractivity contribution in [1.82, 2.24) is 10.6 Å². The Morgan fingerprint density at radius 2 is 1.82 bits per heavy atom. The smallest absolute Gasteiger partial charge is 0.333 e. The van der Waals surface area contributed by atoms with Crippen LogP contribution in [0, 0.1) is 0 Å². The molecule has 28 heavy (non-hydrogen) atoms. The van der Waals surface area contributed by atoms with Gasteiger partial charge in [-0.1, -0.05) is 42.5 Å². The number of carbonyl (C=O) groups excluding carboxylic acids is 1. The molecule has 3 N–H and O–H groups in total. The molecule has 1 heterocycles. The number of hydrogen-bond donors (Lipinski definition) is 2. The van der Waals surface area contributed by atoms with Crippen LogP contribution in [-0.4, -0.2) is 11.2 Å². The molecule has 5 nitrogen and oxygen atoms in total. The number of rotatable bonds is 2. The summed E-state index contributed by atoms with van der Waals surface area (Å²) in [5, 5.41) is 1.33. The number of nitrogens with two attached hydrogens (primary N) is 1. The third-order valence-electron chi connectivity index (χ3n) is 5.62. The Hall–Kier alpha value is -3.47. The van der Waals surface area contributed by atoms with Crippen molar-refractivity contribution in [2.24, 2.45) is 5.73 Å². The Kier molecular flexibility index (Phi) is 3.93. The van der Waals surface area contributed by atoms with E-state index in [0.29, 0.717) is 0 Å². The van der Waals surface area contributed by atoms with Crippen LogP contribution in [0.2, 0.25) is 0 Å². The van der Waals surface area contributed by atoms with Crippen LogP contribution in [0.4, 0.5) is 4.79 Å². The van der Waals surface area contributed by atoms with E-state index in [0.717, 1.165) is 37.0 Å². The van der Waals surface area contributed by atoms with Gasteiger partial charge in [0.1, 0.15) is 12.0 Å². The monoisotopic (exact) mass is 371 g/mol. The maximum absolute atomic E-state index is 11.4. The van der Waals surface area contributed by atoms with Gasteiger partial charge in [-0.3, -0.25) is 0 Å². The van der Waals surface area contributed by atoms with Crippen molar-refractivity contribution < 1.29 is 9.63 Å². The number of hydrogen-bond acceptors (Lipinski definition) is 3. The van der Waals surface area contributed by atoms with Gasteiger partial charge in [-0.05, 0) is 71.2 Å². The first-order valence-electron chi connectivity index (χ1n) is 9.56. The summed E-state index contributed by atoms with van der Waals surface area (Å²) in [6.45, 7) is 0. The predicted octanol–water partition coefficient (Wildman–Crippen LogP) is 4.01. The largest absolute Gasteiger partial charge is 0.367 e. The van der Waals surface area contributed by atoms with E-state index in [-0.39, 0.29) is 0 Å². The number of primary amides is 1. The van der Waals surface area contributed by atoms with E-state index in [4.69, 9.17) is 10.6 Å². The van der Waals surface area contributed by atoms with Crippen molar-refractivity contribution in [1.29, 1.82) is 0 Å². The van der Waals surface area contributed by atoms with E-state index in [1.54, 1.807) is 0 Å². The molecule has 0 bridgehead atoms. The summed E-state index contributed by atoms with van der Waals surface area (Å²) in [5.41, 5.74) is 17.8. The molecule has 0 fully saturated rings. The Balaban J connectivity index is 1.60. The lowest BCUT2D eigenvalue weighted by atomic mass is 9.77. The van der Waals surface area contributed by atoms with Crippen LogP contribution in [0.25, 0.3) is 16.7 Å². The molecule has 0 unspecified atom stereocenters. The second-order valence-corrected chi connectivity index (χ2v) is 7.19. The van der Waals surface area contributed by atoms with Crippen molar-refractivity contribution in [2.75, 3.05) is 0 Å². The number of aryl methyl sites for hydroxylation is 1. The lowest BCUT2D eigenvalue weighted by Crippen LogP contribution is -2.44. The molecule has 3 aliphatic rings. The average molecular weight is 371 g/mol. The number of carbonyl (C=O) groups is 1. The van der Waals surface area contributed by atoms with Gasteiger partial charge < -0.3 is 10.6 Å². The molecule has 0 spiro atoms. The molecule has 0 atom stereocenters. The summed E-state index contributed by atoms with van der Waals surface area (Å²) in [4.78, 5) is 16.8. The molecule has 2 aliphatic carbocycles. The minimum absolute atomic E-state index is 0.667. The van der Waals surface area contributed by atoms with Crippen molar-refractivity contribution in [2.45, 2.75) is 25.7 Å². The molecular weight excluding hydrogens is 350 g/mol. The highest BCUT2D eigenvalue weighted by atomic mass is 16.7. The first-order valence-corrected chi connectivity index (χ1v) is 9.56. The Morgan fingerprint density at radius 1 is 1.00 bits per heavy atom. The zero-order valence-corrected chi connectivity index (χ0v) is 15.4. The Morgan fingerprint density at radius 3 is 2.71 bits per heavy atom. The number of amides is 2. The van der Waals surface area contributed by atoms with E-state index in [1.807, 2.05) is 12.2 Å². The third-order valence-corrected chi connectivity index (χ3v) is 5.62. The number of nitrogens with one attached hydrogen (secondary N) is 1. The van der Waals surface area contributed by atoms with Gasteiger partial charge in [0, 0.05) is 5.57 Å². The molecule has 2 aromatic carbocycles. The zero-order valence-electron chi connectivity index (χ0n) is 15.4. The standard InChI is InChI=1S/C23H21N3O2/c24-23(27)25-26-22(9-4-14-28-26)21-8-3-7-17-19-11-10-15-5-1-2-6-16(15)18(19)12-13-20(17)21/h1-2,4-6,8-9,12-14H,3,7,10-11H2,(H3,24,25,27). The molecule has 0 saturated heterocycles. The number of allylic oxidation sites excluding steroid dienone is 4. The fraction of sp³-hybridized carbons (Fsp3) is 0.174. The van der Waals surface area contributed by atoms with Gasteiger partial charge in [-0.2, -0.15) is 0 Å². The molecule has 140 valence electrons. The lowest BCUT2D eigenvalue weighted by molar-refractivity contribution is -0.0980. The Bertz CT molecular complexity index is 1070. The summed E-state index contributed by atoms with van der Waals surface area (Å²) in [5.74, 6) is 0. The number of fused-ring (bicyclic) bond motifs is 5. The molecule has 5 rings (SSSR count). The fourth-order valence-corrected chi connectivity index (χ4v) is 4.48. The first kappa shape index (κ1) is 16.7. The van der Waals surface area contributed by atoms with E-state index >= 15 is 0 Å². The summed E-state index contributed by atoms with van der Waals surface area (Å²) < 4.78 is 0. The molecule has 0 aromatic heterocycles. The van der Waals surface area contributed by atoms with Gasteiger partial charge >= 0.3 is 6.03 Å². The van der Waals surface area contributed by atoms with Crippen molar-refractivity contribution in [3.63, 3.8) is 0 Å². The third kappa shape index (κ3) is 2.67. The molecule has 2 amide bonds. The molecular formula is C23H21N3O2. The van der Waals surface area contributed by atoms with Gasteiger partial charge in [0.15, 0.2) is 0 Å². The zero-order chi connectivity index (χ0) is 19.1. The summed E-state index contributed by atoms with van der Waals surface area (Å²) in [7, 11) is 0. The summed E-state index contributed by atoms with van der Waals surface area (Å²) in [6.07, 6.45) is 11.6. The summed E-state index contributed by atoms with van der Waals surface area (Å²) in [6, 6.07) is 12.4. The van der Waals surface area contributed by atoms with Crippen LogP contribution in [0.1, 0.15) is 28.7 Å². The van der Waals surface area contributed by atoms with Crippen LogP contribution in [0.15, 0.2) is 66.6 Å². The van der Waals surface area contributed by atoms with Crippen LogP contribution >= 0.6 is 0 Å². The molecule has 1 aliphatic heterocycles. The van der Waals surface area contributed by atoms with Crippen molar-refractivity contribution in [3.8, 4) is 11.1 Å². The normalized spacial score (nSPS) is 16.8. The van der Waals surface area contributed by atoms with E-state index in [9.17, 15) is 4.79 Å². The van der Waals surface area contributed by atoms with Crippen LogP contribution in [0.5, 0.6) is 0 Å². The highest BCUT2D eigenvalue weighted by molar-refractivity contribution is 5.86. The summed E-state index contributed by atoms with van der Waals surface area (Å²) >= 11 is 0. The second kappa shape index (κ2) is 6.60. The number of benzene rings is 2. The van der Waals surface area contributed by atoms with Gasteiger partial charge in [-0.25, -0.2) is 10.2 Å². The Labute approximate surface area is 163 Å². The lowest BCUT2D eigenvalue weighted by Gasteiger charge is -2.32. The topological polar surface area (TPSA) is 67.6 Å². The number of urea groups is 1. The molecule has 0 saturated carbocycles. The van der Waals surface area contributed by atoms with Crippen molar-refractivity contribution in [3.05, 3.63) is 88.8 Å². The number of nitrogens with zero attached hydrogens (tertiary/aromatic N) is 1. The highest BCUT2D eigenvalue weighted by Crippen LogP contribution is 2.42. The highest BCUT2D eigenvalue weighted by Gasteiger charge is 2.27. The molecule has 0 radical (unpaired) electrons. The fourth-order valence-electron chi connectivity index (χ4n) is 4.48. The predicted molar refractivity (Wildman–Crippen MR) is 108 cm³/mol. The second-order valence-electron chi connectivity index (χ2n) is 7.19. The van der Waals surface area contributed by atoms with E-state index in [2.05, 4.69) is 47.9 Å². The van der Waals surface area contributed by atoms with E-state index in [1.165, 1.54) is 44.8 Å². The van der Waals surface area contributed by atoms with E-state index < -0.39 is 6.03 Å². The molecule has 5 heteroatoms. The van der Waals surface area contributed by atoms with Crippen LogP contribution < -0.4 is 11.2 Å². The van der Waals surface area contributed by atoms with Crippen molar-refractivity contribution >= 4 is 11.6 Å². The number of hydrazine groups is 1. The quantitative estimate of drug-likeness (QED) is 0.838.